The molecule has 0 bridgehead atoms. The molecule has 1 saturated heterocycles. The Morgan fingerprint density at radius 3 is 2.83 bits per heavy atom. The largest absolute Gasteiger partial charge is 0.468 e. The normalized spacial score (nSPS) is 37.7. The van der Waals surface area contributed by atoms with Crippen molar-refractivity contribution in [2.45, 2.75) is 50.6 Å². The summed E-state index contributed by atoms with van der Waals surface area (Å²) >= 11 is 0. The standard InChI is InChI=1S/C14H26N2O2/c1-11-5-4-8-16(10-11)12-6-7-14(9-12,15-2)13(17)18-3/h11-12,15H,4-10H2,1-3H3. The first-order chi connectivity index (χ1) is 8.61. The fourth-order valence-electron chi connectivity index (χ4n) is 3.60. The number of piperidine rings is 1. The molecule has 1 heterocycles. The molecule has 0 amide bonds. The third kappa shape index (κ3) is 2.54. The van der Waals surface area contributed by atoms with Gasteiger partial charge in [0.1, 0.15) is 5.54 Å². The van der Waals surface area contributed by atoms with Gasteiger partial charge < -0.3 is 15.0 Å². The summed E-state index contributed by atoms with van der Waals surface area (Å²) in [6, 6.07) is 0.541. The number of methoxy groups -OCH3 is 1. The highest BCUT2D eigenvalue weighted by Crippen LogP contribution is 2.35. The maximum absolute atomic E-state index is 12.0. The van der Waals surface area contributed by atoms with Crippen molar-refractivity contribution in [1.82, 2.24) is 10.2 Å². The molecule has 2 fully saturated rings. The Labute approximate surface area is 110 Å². The van der Waals surface area contributed by atoms with Crippen LogP contribution < -0.4 is 5.32 Å². The molecular formula is C14H26N2O2. The summed E-state index contributed by atoms with van der Waals surface area (Å²) in [5.74, 6) is 0.694. The number of esters is 1. The van der Waals surface area contributed by atoms with E-state index in [2.05, 4.69) is 17.1 Å². The van der Waals surface area contributed by atoms with Crippen molar-refractivity contribution in [3.05, 3.63) is 0 Å². The topological polar surface area (TPSA) is 41.6 Å². The van der Waals surface area contributed by atoms with E-state index in [1.165, 1.54) is 33.0 Å². The summed E-state index contributed by atoms with van der Waals surface area (Å²) < 4.78 is 4.97. The third-order valence-corrected chi connectivity index (χ3v) is 4.75. The van der Waals surface area contributed by atoms with Crippen molar-refractivity contribution in [3.8, 4) is 0 Å². The first-order valence-corrected chi connectivity index (χ1v) is 7.12. The van der Waals surface area contributed by atoms with Crippen LogP contribution in [0.3, 0.4) is 0 Å². The molecule has 0 spiro atoms. The fraction of sp³-hybridized carbons (Fsp3) is 0.929. The van der Waals surface area contributed by atoms with E-state index in [1.54, 1.807) is 0 Å². The summed E-state index contributed by atoms with van der Waals surface area (Å²) in [7, 11) is 3.36. The van der Waals surface area contributed by atoms with Gasteiger partial charge in [0.15, 0.2) is 0 Å². The Hall–Kier alpha value is -0.610. The lowest BCUT2D eigenvalue weighted by molar-refractivity contribution is -0.148. The molecule has 18 heavy (non-hydrogen) atoms. The zero-order valence-electron chi connectivity index (χ0n) is 11.9. The number of rotatable bonds is 3. The minimum Gasteiger partial charge on any atom is -0.468 e. The lowest BCUT2D eigenvalue weighted by atomic mass is 9.95. The van der Waals surface area contributed by atoms with E-state index >= 15 is 0 Å². The predicted octanol–water partition coefficient (Wildman–Crippen LogP) is 1.40. The summed E-state index contributed by atoms with van der Waals surface area (Å²) in [5, 5.41) is 3.21. The minimum atomic E-state index is -0.444. The lowest BCUT2D eigenvalue weighted by Crippen LogP contribution is -2.51. The van der Waals surface area contributed by atoms with Crippen LogP contribution >= 0.6 is 0 Å². The number of ether oxygens (including phenoxy) is 1. The van der Waals surface area contributed by atoms with Gasteiger partial charge in [-0.3, -0.25) is 4.79 Å². The molecule has 2 rings (SSSR count). The lowest BCUT2D eigenvalue weighted by Gasteiger charge is -2.36. The molecule has 3 atom stereocenters. The molecule has 1 N–H and O–H groups in total. The van der Waals surface area contributed by atoms with Crippen molar-refractivity contribution in [2.75, 3.05) is 27.2 Å². The second-order valence-electron chi connectivity index (χ2n) is 5.96. The summed E-state index contributed by atoms with van der Waals surface area (Å²) in [6.07, 6.45) is 5.52. The van der Waals surface area contributed by atoms with Crippen LogP contribution in [0.2, 0.25) is 0 Å². The molecule has 4 nitrogen and oxygen atoms in total. The van der Waals surface area contributed by atoms with E-state index in [4.69, 9.17) is 4.74 Å². The van der Waals surface area contributed by atoms with Crippen LogP contribution in [0, 0.1) is 5.92 Å². The van der Waals surface area contributed by atoms with E-state index in [0.717, 1.165) is 25.2 Å². The quantitative estimate of drug-likeness (QED) is 0.773. The summed E-state index contributed by atoms with van der Waals surface area (Å²) in [5.41, 5.74) is -0.444. The van der Waals surface area contributed by atoms with Crippen molar-refractivity contribution in [3.63, 3.8) is 0 Å². The molecule has 0 aromatic rings. The van der Waals surface area contributed by atoms with Gasteiger partial charge >= 0.3 is 5.97 Å². The molecule has 0 aromatic heterocycles. The second-order valence-corrected chi connectivity index (χ2v) is 5.96. The molecule has 1 aliphatic carbocycles. The average Bonchev–Trinajstić information content (AvgIpc) is 2.83. The Kier molecular flexibility index (Phi) is 4.28. The number of nitrogens with zero attached hydrogens (tertiary/aromatic N) is 1. The number of carbonyl (C=O) groups is 1. The van der Waals surface area contributed by atoms with Gasteiger partial charge in [-0.15, -0.1) is 0 Å². The van der Waals surface area contributed by atoms with Crippen LogP contribution in [0.25, 0.3) is 0 Å². The zero-order chi connectivity index (χ0) is 13.2. The van der Waals surface area contributed by atoms with Gasteiger partial charge in [0.2, 0.25) is 0 Å². The van der Waals surface area contributed by atoms with Crippen molar-refractivity contribution < 1.29 is 9.53 Å². The van der Waals surface area contributed by atoms with Crippen LogP contribution in [0.4, 0.5) is 0 Å². The van der Waals surface area contributed by atoms with E-state index in [9.17, 15) is 4.79 Å². The van der Waals surface area contributed by atoms with Crippen LogP contribution in [-0.4, -0.2) is 49.7 Å². The molecule has 2 aliphatic rings. The summed E-state index contributed by atoms with van der Waals surface area (Å²) in [6.45, 7) is 4.70. The molecule has 0 radical (unpaired) electrons. The third-order valence-electron chi connectivity index (χ3n) is 4.75. The number of hydrogen-bond acceptors (Lipinski definition) is 4. The Balaban J connectivity index is 2.00. The first-order valence-electron chi connectivity index (χ1n) is 7.12. The molecule has 1 saturated carbocycles. The van der Waals surface area contributed by atoms with Gasteiger partial charge in [-0.25, -0.2) is 0 Å². The van der Waals surface area contributed by atoms with Crippen molar-refractivity contribution in [1.29, 1.82) is 0 Å². The van der Waals surface area contributed by atoms with Gasteiger partial charge in [-0.05, 0) is 51.6 Å². The maximum Gasteiger partial charge on any atom is 0.326 e. The molecular weight excluding hydrogens is 228 g/mol. The highest BCUT2D eigenvalue weighted by Gasteiger charge is 2.46. The molecule has 1 aliphatic heterocycles. The van der Waals surface area contributed by atoms with Gasteiger partial charge in [-0.2, -0.15) is 0 Å². The Morgan fingerprint density at radius 2 is 2.22 bits per heavy atom. The fourth-order valence-corrected chi connectivity index (χ4v) is 3.60. The highest BCUT2D eigenvalue weighted by molar-refractivity contribution is 5.81. The number of hydrogen-bond donors (Lipinski definition) is 1. The first kappa shape index (κ1) is 13.8. The molecule has 0 aromatic carbocycles. The average molecular weight is 254 g/mol. The van der Waals surface area contributed by atoms with Crippen LogP contribution in [0.1, 0.15) is 39.0 Å². The van der Waals surface area contributed by atoms with E-state index < -0.39 is 5.54 Å². The van der Waals surface area contributed by atoms with Crippen molar-refractivity contribution in [2.24, 2.45) is 5.92 Å². The van der Waals surface area contributed by atoms with Crippen LogP contribution in [-0.2, 0) is 9.53 Å². The Morgan fingerprint density at radius 1 is 1.44 bits per heavy atom. The minimum absolute atomic E-state index is 0.0995. The predicted molar refractivity (Wildman–Crippen MR) is 71.4 cm³/mol. The van der Waals surface area contributed by atoms with Crippen LogP contribution in [0.15, 0.2) is 0 Å². The summed E-state index contributed by atoms with van der Waals surface area (Å²) in [4.78, 5) is 14.5. The molecule has 3 unspecified atom stereocenters. The number of carbonyl (C=O) groups excluding carboxylic acids is 1. The van der Waals surface area contributed by atoms with Crippen LogP contribution in [0.5, 0.6) is 0 Å². The van der Waals surface area contributed by atoms with Gasteiger partial charge in [-0.1, -0.05) is 6.92 Å². The van der Waals surface area contributed by atoms with E-state index in [1.807, 2.05) is 7.05 Å². The number of likely N-dealkylation sites (tertiary alicyclic amines) is 1. The number of likely N-dealkylation sites (N-methyl/N-ethyl adjacent to an activating group) is 1. The molecule has 104 valence electrons. The van der Waals surface area contributed by atoms with Gasteiger partial charge in [0.25, 0.3) is 0 Å². The zero-order valence-corrected chi connectivity index (χ0v) is 11.9. The SMILES string of the molecule is CNC1(C(=O)OC)CCC(N2CCCC(C)C2)C1. The van der Waals surface area contributed by atoms with Crippen molar-refractivity contribution >= 4 is 5.97 Å². The smallest absolute Gasteiger partial charge is 0.326 e. The highest BCUT2D eigenvalue weighted by atomic mass is 16.5. The number of nitrogens with one attached hydrogen (secondary N) is 1. The van der Waals surface area contributed by atoms with E-state index in [0.29, 0.717) is 6.04 Å². The Bertz CT molecular complexity index is 308. The molecule has 4 heteroatoms. The maximum atomic E-state index is 12.0. The van der Waals surface area contributed by atoms with Gasteiger partial charge in [0.05, 0.1) is 7.11 Å². The second kappa shape index (κ2) is 5.57. The van der Waals surface area contributed by atoms with E-state index in [-0.39, 0.29) is 5.97 Å². The monoisotopic (exact) mass is 254 g/mol. The van der Waals surface area contributed by atoms with Gasteiger partial charge in [0, 0.05) is 12.6 Å².